The Morgan fingerprint density at radius 3 is 2.04 bits per heavy atom. The van der Waals surface area contributed by atoms with E-state index in [-0.39, 0.29) is 58.0 Å². The van der Waals surface area contributed by atoms with Crippen LogP contribution in [0.4, 0.5) is 15.3 Å². The highest BCUT2D eigenvalue weighted by Crippen LogP contribution is 2.56. The predicted molar refractivity (Wildman–Crippen MR) is 356 cm³/mol. The summed E-state index contributed by atoms with van der Waals surface area (Å²) in [5.74, 6) is -1.34. The van der Waals surface area contributed by atoms with Gasteiger partial charge in [-0.3, -0.25) is 14.5 Å². The molecule has 6 bridgehead atoms. The molecule has 3 aliphatic heterocycles. The van der Waals surface area contributed by atoms with E-state index < -0.39 is 59.1 Å². The van der Waals surface area contributed by atoms with Crippen LogP contribution in [0.1, 0.15) is 90.1 Å². The van der Waals surface area contributed by atoms with Crippen LogP contribution in [0.3, 0.4) is 0 Å². The van der Waals surface area contributed by atoms with E-state index in [9.17, 15) is 9.59 Å². The number of nitrogens with one attached hydrogen (secondary N) is 2. The fraction of sp³-hybridized carbons (Fsp3) is 0.260. The smallest absolute Gasteiger partial charge is 0.412 e. The number of carbonyl (C=O) groups is 4. The zero-order chi connectivity index (χ0) is 64.7. The van der Waals surface area contributed by atoms with Gasteiger partial charge >= 0.3 is 12.2 Å². The number of oxazole rings is 1. The van der Waals surface area contributed by atoms with E-state index in [4.69, 9.17) is 37.9 Å². The Morgan fingerprint density at radius 1 is 0.691 bits per heavy atom. The average Bonchev–Trinajstić information content (AvgIpc) is 1.51. The Balaban J connectivity index is 0.924. The largest absolute Gasteiger partial charge is 0.489 e. The van der Waals surface area contributed by atoms with Gasteiger partial charge in [-0.25, -0.2) is 14.6 Å². The molecule has 14 rings (SSSR count). The van der Waals surface area contributed by atoms with Crippen LogP contribution in [0.15, 0.2) is 211 Å². The van der Waals surface area contributed by atoms with Gasteiger partial charge in [-0.05, 0) is 94.0 Å². The van der Waals surface area contributed by atoms with Crippen LogP contribution < -0.4 is 25.1 Å². The van der Waals surface area contributed by atoms with Gasteiger partial charge in [0.2, 0.25) is 18.6 Å². The van der Waals surface area contributed by atoms with Crippen molar-refractivity contribution in [3.8, 4) is 39.3 Å². The third kappa shape index (κ3) is 11.4. The van der Waals surface area contributed by atoms with Crippen LogP contribution in [0.5, 0.6) is 5.75 Å². The van der Waals surface area contributed by atoms with E-state index in [0.717, 1.165) is 66.7 Å². The molecule has 1 fully saturated rings. The van der Waals surface area contributed by atoms with Crippen molar-refractivity contribution in [1.29, 1.82) is 0 Å². The normalized spacial score (nSPS) is 17.8. The molecule has 94 heavy (non-hydrogen) atoms. The number of anilines is 1. The molecule has 0 radical (unpaired) electrons. The Kier molecular flexibility index (Phi) is 16.6. The minimum Gasteiger partial charge on any atom is -0.489 e. The SMILES string of the molecule is COCOn1cc2c3c(cccc31)-c1cccc3c1N(Cc1ccccc1)C[C@@]3(c1cc(C[C@H]3COC(C)(C)N3C(=O)OCc3ccccc3)ccc1OCc1ccccc1)C(=O)C(NC(=O)[C@@H](NC(=O)OCC1c3ccccc3-c3ccccc31)C(C)C)c1ncc-2o1. The number of carbonyl (C=O) groups excluding carboxylic acids is 4. The number of para-hydroxylation sites is 1. The van der Waals surface area contributed by atoms with Crippen molar-refractivity contribution >= 4 is 40.5 Å². The molecule has 1 unspecified atom stereocenters. The molecule has 4 aliphatic rings. The minimum absolute atomic E-state index is 0.0141. The predicted octanol–water partition coefficient (Wildman–Crippen LogP) is 13.5. The molecule has 0 spiro atoms. The molecule has 17 heteroatoms. The van der Waals surface area contributed by atoms with Crippen LogP contribution in [0, 0.1) is 5.92 Å². The number of Topliss-reactive ketones (excluding diaryl/α,β-unsaturated/α-hetero) is 1. The van der Waals surface area contributed by atoms with Crippen molar-refractivity contribution in [3.63, 3.8) is 0 Å². The summed E-state index contributed by atoms with van der Waals surface area (Å²) in [6, 6.07) is 60.1. The maximum absolute atomic E-state index is 17.7. The number of benzene rings is 8. The second-order valence-electron chi connectivity index (χ2n) is 25.2. The third-order valence-corrected chi connectivity index (χ3v) is 18.6. The molecule has 0 saturated carbocycles. The monoisotopic (exact) mass is 1260 g/mol. The first kappa shape index (κ1) is 61.0. The lowest BCUT2D eigenvalue weighted by Crippen LogP contribution is -2.54. The number of amides is 3. The molecule has 5 heterocycles. The van der Waals surface area contributed by atoms with Gasteiger partial charge in [0.15, 0.2) is 17.6 Å². The first-order valence-corrected chi connectivity index (χ1v) is 31.8. The summed E-state index contributed by atoms with van der Waals surface area (Å²) in [6.45, 7) is 8.08. The summed E-state index contributed by atoms with van der Waals surface area (Å²) in [7, 11) is 1.55. The summed E-state index contributed by atoms with van der Waals surface area (Å²) >= 11 is 0. The summed E-state index contributed by atoms with van der Waals surface area (Å²) in [4.78, 5) is 77.1. The highest BCUT2D eigenvalue weighted by Gasteiger charge is 2.56. The standard InChI is InChI=1S/C77H72N6O11/c1-48(2)68(80-74(86)90-45-61-56-29-17-15-27-54(56)55-28-16-18-30-57(55)61)72(85)79-69-71(84)77(63-38-52(35-36-65(63)89-42-50-23-11-7-12-24-50)37-53-44-92-76(3,4)83(53)75(87)91-43-51-25-13-8-14-26-51)46-81(40-49-21-9-6-10-22-49)70-59(32-19-33-62(70)77)58-31-20-34-64-67(58)60(41-82(64)93-47-88-5)66-39-78-73(69)94-66/h6-36,38-39,41,48,53,61,68-69H,37,40,42-47H2,1-5H3,(H,79,85)(H,80,86)/t53-,68-,69?,77+/m0/s1. The van der Waals surface area contributed by atoms with Crippen molar-refractivity contribution in [2.45, 2.75) is 89.1 Å². The Labute approximate surface area is 545 Å². The number of alkyl carbamates (subject to hydrolysis) is 1. The number of rotatable bonds is 19. The molecule has 17 nitrogen and oxygen atoms in total. The molecule has 4 atom stereocenters. The third-order valence-electron chi connectivity index (χ3n) is 18.6. The van der Waals surface area contributed by atoms with E-state index in [0.29, 0.717) is 40.3 Å². The lowest BCUT2D eigenvalue weighted by Gasteiger charge is -2.35. The van der Waals surface area contributed by atoms with Crippen molar-refractivity contribution in [2.24, 2.45) is 5.92 Å². The van der Waals surface area contributed by atoms with E-state index in [2.05, 4.69) is 51.9 Å². The van der Waals surface area contributed by atoms with Crippen molar-refractivity contribution in [2.75, 3.05) is 38.6 Å². The molecule has 2 aromatic heterocycles. The summed E-state index contributed by atoms with van der Waals surface area (Å²) in [6.07, 6.45) is 2.32. The number of hydrogen-bond donors (Lipinski definition) is 2. The molecule has 1 aliphatic carbocycles. The van der Waals surface area contributed by atoms with Crippen LogP contribution in [0.2, 0.25) is 0 Å². The maximum Gasteiger partial charge on any atom is 0.412 e. The Hall–Kier alpha value is -10.5. The molecule has 1 saturated heterocycles. The van der Waals surface area contributed by atoms with Crippen molar-refractivity contribution in [3.05, 3.63) is 257 Å². The summed E-state index contributed by atoms with van der Waals surface area (Å²) in [5.41, 5.74) is 9.79. The van der Waals surface area contributed by atoms with Crippen LogP contribution in [0.25, 0.3) is 44.5 Å². The first-order chi connectivity index (χ1) is 45.8. The van der Waals surface area contributed by atoms with Gasteiger partial charge in [-0.2, -0.15) is 4.73 Å². The van der Waals surface area contributed by atoms with Crippen molar-refractivity contribution in [1.82, 2.24) is 25.2 Å². The van der Waals surface area contributed by atoms with E-state index in [1.54, 1.807) is 22.9 Å². The molecule has 476 valence electrons. The van der Waals surface area contributed by atoms with Crippen molar-refractivity contribution < 1.29 is 52.1 Å². The Bertz CT molecular complexity index is 4430. The first-order valence-electron chi connectivity index (χ1n) is 31.8. The van der Waals surface area contributed by atoms with E-state index in [1.165, 1.54) is 0 Å². The van der Waals surface area contributed by atoms with E-state index >= 15 is 9.59 Å². The molecule has 3 amide bonds. The fourth-order valence-electron chi connectivity index (χ4n) is 14.2. The van der Waals surface area contributed by atoms with Gasteiger partial charge in [0.25, 0.3) is 0 Å². The van der Waals surface area contributed by atoms with E-state index in [1.807, 2.05) is 192 Å². The van der Waals surface area contributed by atoms with Gasteiger partial charge in [0.05, 0.1) is 30.6 Å². The molecule has 8 aromatic carbocycles. The number of nitrogens with zero attached hydrogens (tertiary/aromatic N) is 4. The average molecular weight is 1260 g/mol. The van der Waals surface area contributed by atoms with Gasteiger partial charge in [0.1, 0.15) is 42.8 Å². The maximum atomic E-state index is 17.7. The second-order valence-corrected chi connectivity index (χ2v) is 25.2. The second kappa shape index (κ2) is 25.5. The number of hydrogen-bond acceptors (Lipinski definition) is 13. The lowest BCUT2D eigenvalue weighted by atomic mass is 9.69. The number of ether oxygens (including phenoxy) is 5. The fourth-order valence-corrected chi connectivity index (χ4v) is 14.2. The molecule has 2 N–H and O–H groups in total. The summed E-state index contributed by atoms with van der Waals surface area (Å²) in [5, 5.41) is 6.84. The highest BCUT2D eigenvalue weighted by atomic mass is 16.8. The molecular weight excluding hydrogens is 1180 g/mol. The number of methoxy groups -OCH3 is 1. The van der Waals surface area contributed by atoms with Gasteiger partial charge in [0, 0.05) is 53.9 Å². The Morgan fingerprint density at radius 2 is 1.34 bits per heavy atom. The molecule has 10 aromatic rings. The zero-order valence-electron chi connectivity index (χ0n) is 53.0. The number of fused-ring (bicyclic) bond motifs is 7. The summed E-state index contributed by atoms with van der Waals surface area (Å²) < 4.78 is 39.5. The topological polar surface area (TPSA) is 185 Å². The zero-order valence-corrected chi connectivity index (χ0v) is 53.0. The lowest BCUT2D eigenvalue weighted by molar-refractivity contribution is -0.132. The quantitative estimate of drug-likeness (QED) is 0.0730. The van der Waals surface area contributed by atoms with Gasteiger partial charge < -0.3 is 48.5 Å². The molecular formula is C77H72N6O11. The minimum atomic E-state index is -1.73. The number of ketones is 1. The number of aromatic nitrogens is 2. The van der Waals surface area contributed by atoms with Crippen LogP contribution in [-0.4, -0.2) is 90.0 Å². The van der Waals surface area contributed by atoms with Crippen LogP contribution >= 0.6 is 0 Å². The highest BCUT2D eigenvalue weighted by molar-refractivity contribution is 6.11. The van der Waals surface area contributed by atoms with Gasteiger partial charge in [-0.1, -0.05) is 196 Å². The van der Waals surface area contributed by atoms with Gasteiger partial charge in [-0.15, -0.1) is 0 Å². The van der Waals surface area contributed by atoms with Crippen LogP contribution in [-0.2, 0) is 60.1 Å².